The van der Waals surface area contributed by atoms with Gasteiger partial charge in [-0.3, -0.25) is 0 Å². The lowest BCUT2D eigenvalue weighted by molar-refractivity contribution is 0.0600. The first-order valence-corrected chi connectivity index (χ1v) is 4.56. The van der Waals surface area contributed by atoms with E-state index in [1.54, 1.807) is 6.92 Å². The highest BCUT2D eigenvalue weighted by Crippen LogP contribution is 2.10. The maximum Gasteiger partial charge on any atom is 0.488 e. The largest absolute Gasteiger partial charge is 0.488 e. The van der Waals surface area contributed by atoms with Crippen LogP contribution in [0.2, 0.25) is 0 Å². The fourth-order valence-electron chi connectivity index (χ4n) is 1.41. The van der Waals surface area contributed by atoms with Crippen LogP contribution in [0.5, 0.6) is 0 Å². The summed E-state index contributed by atoms with van der Waals surface area (Å²) in [5, 5.41) is 18.3. The van der Waals surface area contributed by atoms with Gasteiger partial charge in [0.15, 0.2) is 0 Å². The van der Waals surface area contributed by atoms with Crippen molar-refractivity contribution in [1.82, 2.24) is 0 Å². The molecule has 1 rings (SSSR count). The average molecular weight is 218 g/mol. The van der Waals surface area contributed by atoms with E-state index in [9.17, 15) is 4.79 Å². The van der Waals surface area contributed by atoms with Gasteiger partial charge in [-0.2, -0.15) is 0 Å². The Morgan fingerprint density at radius 2 is 2.12 bits per heavy atom. The molecule has 0 saturated heterocycles. The summed E-state index contributed by atoms with van der Waals surface area (Å²) in [4.78, 5) is 11.4. The molecule has 2 N–H and O–H groups in total. The Bertz CT molecular complexity index is 460. The number of carbonyl (C=O) groups excluding carboxylic acids is 1. The summed E-state index contributed by atoms with van der Waals surface area (Å²) >= 11 is 0. The first-order valence-electron chi connectivity index (χ1n) is 4.56. The van der Waals surface area contributed by atoms with Gasteiger partial charge >= 0.3 is 13.1 Å². The number of carbonyl (C=O) groups is 1. The Kier molecular flexibility index (Phi) is 3.72. The number of hydrogen-bond acceptors (Lipinski definition) is 4. The molecule has 0 atom stereocenters. The fourth-order valence-corrected chi connectivity index (χ4v) is 1.41. The highest BCUT2D eigenvalue weighted by Gasteiger charge is 2.20. The van der Waals surface area contributed by atoms with Gasteiger partial charge in [0.05, 0.1) is 12.7 Å². The van der Waals surface area contributed by atoms with Gasteiger partial charge in [0.25, 0.3) is 0 Å². The molecule has 0 aliphatic heterocycles. The van der Waals surface area contributed by atoms with Crippen LogP contribution in [0.1, 0.15) is 21.5 Å². The number of methoxy groups -OCH3 is 1. The first-order chi connectivity index (χ1) is 7.51. The number of benzene rings is 1. The molecule has 0 aromatic heterocycles. The molecule has 0 saturated carbocycles. The maximum atomic E-state index is 11.4. The minimum Gasteiger partial charge on any atom is -0.465 e. The molecule has 0 amide bonds. The monoisotopic (exact) mass is 218 g/mol. The Labute approximate surface area is 94.0 Å². The van der Waals surface area contributed by atoms with Crippen molar-refractivity contribution < 1.29 is 19.6 Å². The molecule has 1 aromatic carbocycles. The van der Waals surface area contributed by atoms with Gasteiger partial charge in [-0.05, 0) is 30.1 Å². The van der Waals surface area contributed by atoms with Crippen LogP contribution < -0.4 is 5.46 Å². The molecule has 82 valence electrons. The second-order valence-electron chi connectivity index (χ2n) is 3.25. The zero-order valence-electron chi connectivity index (χ0n) is 9.02. The average Bonchev–Trinajstić information content (AvgIpc) is 2.28. The van der Waals surface area contributed by atoms with E-state index in [0.717, 1.165) is 0 Å². The number of ether oxygens (including phenoxy) is 1. The van der Waals surface area contributed by atoms with Gasteiger partial charge in [0.1, 0.15) is 0 Å². The van der Waals surface area contributed by atoms with E-state index in [2.05, 4.69) is 10.7 Å². The van der Waals surface area contributed by atoms with E-state index in [1.165, 1.54) is 19.2 Å². The Morgan fingerprint density at radius 3 is 2.56 bits per heavy atom. The van der Waals surface area contributed by atoms with E-state index in [-0.39, 0.29) is 11.0 Å². The quantitative estimate of drug-likeness (QED) is 0.396. The Hall–Kier alpha value is -1.77. The minimum atomic E-state index is -1.67. The molecule has 0 unspecified atom stereocenters. The zero-order valence-corrected chi connectivity index (χ0v) is 9.02. The molecule has 4 nitrogen and oxygen atoms in total. The zero-order chi connectivity index (χ0) is 12.3. The lowest BCUT2D eigenvalue weighted by atomic mass is 9.75. The van der Waals surface area contributed by atoms with Gasteiger partial charge < -0.3 is 14.8 Å². The topological polar surface area (TPSA) is 66.8 Å². The molecular formula is C11H11BO4. The van der Waals surface area contributed by atoms with E-state index in [0.29, 0.717) is 11.1 Å². The Morgan fingerprint density at radius 1 is 1.50 bits per heavy atom. The third kappa shape index (κ3) is 2.24. The van der Waals surface area contributed by atoms with E-state index < -0.39 is 13.1 Å². The van der Waals surface area contributed by atoms with Gasteiger partial charge in [-0.1, -0.05) is 5.92 Å². The second kappa shape index (κ2) is 4.84. The fraction of sp³-hybridized carbons (Fsp3) is 0.182. The van der Waals surface area contributed by atoms with Gasteiger partial charge in [0.2, 0.25) is 0 Å². The van der Waals surface area contributed by atoms with Crippen molar-refractivity contribution in [1.29, 1.82) is 0 Å². The third-order valence-electron chi connectivity index (χ3n) is 2.30. The molecule has 0 bridgehead atoms. The summed E-state index contributed by atoms with van der Waals surface area (Å²) in [7, 11) is -0.420. The molecule has 0 fully saturated rings. The number of rotatable bonds is 2. The predicted molar refractivity (Wildman–Crippen MR) is 60.3 cm³/mol. The first kappa shape index (κ1) is 12.3. The van der Waals surface area contributed by atoms with Crippen molar-refractivity contribution in [3.05, 3.63) is 28.8 Å². The highest BCUT2D eigenvalue weighted by molar-refractivity contribution is 6.59. The van der Waals surface area contributed by atoms with Crippen LogP contribution in [0.25, 0.3) is 0 Å². The summed E-state index contributed by atoms with van der Waals surface area (Å²) < 4.78 is 4.58. The van der Waals surface area contributed by atoms with Crippen molar-refractivity contribution in [2.45, 2.75) is 6.92 Å². The van der Waals surface area contributed by atoms with Crippen molar-refractivity contribution in [2.24, 2.45) is 0 Å². The van der Waals surface area contributed by atoms with Crippen molar-refractivity contribution in [3.63, 3.8) is 0 Å². The molecule has 5 heteroatoms. The highest BCUT2D eigenvalue weighted by atomic mass is 16.5. The lowest BCUT2D eigenvalue weighted by Crippen LogP contribution is -2.33. The summed E-state index contributed by atoms with van der Waals surface area (Å²) in [6, 6.07) is 2.93. The summed E-state index contributed by atoms with van der Waals surface area (Å²) in [6.07, 6.45) is 5.21. The van der Waals surface area contributed by atoms with Crippen molar-refractivity contribution in [2.75, 3.05) is 7.11 Å². The van der Waals surface area contributed by atoms with Gasteiger partial charge in [-0.15, -0.1) is 6.42 Å². The van der Waals surface area contributed by atoms with E-state index in [1.807, 2.05) is 0 Å². The second-order valence-corrected chi connectivity index (χ2v) is 3.25. The molecule has 1 aromatic rings. The number of terminal acetylenes is 1. The number of hydrogen-bond donors (Lipinski definition) is 2. The third-order valence-corrected chi connectivity index (χ3v) is 2.30. The normalized spacial score (nSPS) is 9.44. The van der Waals surface area contributed by atoms with Crippen LogP contribution >= 0.6 is 0 Å². The van der Waals surface area contributed by atoms with Crippen molar-refractivity contribution >= 4 is 18.6 Å². The van der Waals surface area contributed by atoms with Gasteiger partial charge in [0, 0.05) is 5.56 Å². The van der Waals surface area contributed by atoms with Crippen LogP contribution in [-0.4, -0.2) is 30.2 Å². The predicted octanol–water partition coefficient (Wildman–Crippen LogP) is -0.557. The Balaban J connectivity index is 3.44. The van der Waals surface area contributed by atoms with Crippen LogP contribution in [-0.2, 0) is 4.74 Å². The summed E-state index contributed by atoms with van der Waals surface area (Å²) in [5.41, 5.74) is 1.28. The molecule has 16 heavy (non-hydrogen) atoms. The van der Waals surface area contributed by atoms with Crippen LogP contribution in [0.3, 0.4) is 0 Å². The van der Waals surface area contributed by atoms with Crippen molar-refractivity contribution in [3.8, 4) is 12.3 Å². The smallest absolute Gasteiger partial charge is 0.465 e. The SMILES string of the molecule is C#Cc1cc(B(O)O)c(C)c(C(=O)OC)c1. The van der Waals surface area contributed by atoms with Gasteiger partial charge in [-0.25, -0.2) is 4.79 Å². The molecule has 0 heterocycles. The summed E-state index contributed by atoms with van der Waals surface area (Å²) in [5.74, 6) is 1.78. The molecule has 0 spiro atoms. The minimum absolute atomic E-state index is 0.204. The molecular weight excluding hydrogens is 207 g/mol. The molecule has 0 aliphatic rings. The van der Waals surface area contributed by atoms with Crippen LogP contribution in [0, 0.1) is 19.3 Å². The molecule has 0 radical (unpaired) electrons. The standard InChI is InChI=1S/C11H11BO4/c1-4-8-5-9(11(13)16-3)7(2)10(6-8)12(14)15/h1,5-6,14-15H,2-3H3. The van der Waals surface area contributed by atoms with Crippen LogP contribution in [0.15, 0.2) is 12.1 Å². The van der Waals surface area contributed by atoms with Crippen LogP contribution in [0.4, 0.5) is 0 Å². The maximum absolute atomic E-state index is 11.4. The molecule has 0 aliphatic carbocycles. The number of esters is 1. The lowest BCUT2D eigenvalue weighted by Gasteiger charge is -2.10. The van der Waals surface area contributed by atoms with E-state index in [4.69, 9.17) is 16.5 Å². The van der Waals surface area contributed by atoms with E-state index >= 15 is 0 Å². The summed E-state index contributed by atoms with van der Waals surface area (Å²) in [6.45, 7) is 1.60.